The highest BCUT2D eigenvalue weighted by Crippen LogP contribution is 2.31. The second kappa shape index (κ2) is 8.78. The first kappa shape index (κ1) is 21.0. The molecular weight excluding hydrogens is 368 g/mol. The highest BCUT2D eigenvalue weighted by atomic mass is 16.3. The monoisotopic (exact) mass is 398 g/mol. The summed E-state index contributed by atoms with van der Waals surface area (Å²) in [4.78, 5) is 25.2. The minimum absolute atomic E-state index is 0.00755. The van der Waals surface area contributed by atoms with Crippen molar-refractivity contribution in [3.05, 3.63) is 53.3 Å². The van der Waals surface area contributed by atoms with Crippen molar-refractivity contribution in [2.24, 2.45) is 0 Å². The molecule has 7 nitrogen and oxygen atoms in total. The van der Waals surface area contributed by atoms with Crippen LogP contribution >= 0.6 is 0 Å². The smallest absolute Gasteiger partial charge is 0.271 e. The summed E-state index contributed by atoms with van der Waals surface area (Å²) in [5.74, 6) is -0.578. The molecule has 1 aliphatic rings. The van der Waals surface area contributed by atoms with Crippen LogP contribution in [0.3, 0.4) is 0 Å². The minimum Gasteiger partial charge on any atom is -0.390 e. The van der Waals surface area contributed by atoms with E-state index in [0.717, 1.165) is 24.8 Å². The van der Waals surface area contributed by atoms with E-state index in [9.17, 15) is 14.7 Å². The van der Waals surface area contributed by atoms with Crippen LogP contribution in [0.15, 0.2) is 36.4 Å². The Kier molecular flexibility index (Phi) is 6.37. The van der Waals surface area contributed by atoms with Crippen molar-refractivity contribution in [1.29, 1.82) is 0 Å². The lowest BCUT2D eigenvalue weighted by atomic mass is 9.80. The Labute approximate surface area is 171 Å². The van der Waals surface area contributed by atoms with Gasteiger partial charge in [0.05, 0.1) is 11.6 Å². The number of amides is 2. The van der Waals surface area contributed by atoms with Crippen LogP contribution in [0.4, 0.5) is 0 Å². The molecule has 1 fully saturated rings. The maximum Gasteiger partial charge on any atom is 0.271 e. The first-order valence-corrected chi connectivity index (χ1v) is 10.3. The number of hydrogen-bond donors (Lipinski definition) is 3. The Balaban J connectivity index is 1.82. The molecule has 1 atom stereocenters. The molecule has 3 rings (SSSR count). The summed E-state index contributed by atoms with van der Waals surface area (Å²) in [5.41, 5.74) is 0.955. The summed E-state index contributed by atoms with van der Waals surface area (Å²) < 4.78 is 1.61. The lowest BCUT2D eigenvalue weighted by Crippen LogP contribution is -2.43. The number of rotatable bonds is 6. The van der Waals surface area contributed by atoms with Crippen molar-refractivity contribution in [3.63, 3.8) is 0 Å². The average molecular weight is 399 g/mol. The first-order chi connectivity index (χ1) is 13.9. The molecule has 1 aliphatic carbocycles. The number of hydrogen-bond acceptors (Lipinski definition) is 4. The molecule has 0 bridgehead atoms. The second-order valence-corrected chi connectivity index (χ2v) is 7.85. The molecule has 29 heavy (non-hydrogen) atoms. The van der Waals surface area contributed by atoms with E-state index in [2.05, 4.69) is 15.7 Å². The van der Waals surface area contributed by atoms with E-state index in [1.54, 1.807) is 17.8 Å². The molecule has 0 spiro atoms. The van der Waals surface area contributed by atoms with Crippen LogP contribution in [-0.4, -0.2) is 45.4 Å². The summed E-state index contributed by atoms with van der Waals surface area (Å²) in [6.45, 7) is 3.94. The Morgan fingerprint density at radius 1 is 1.24 bits per heavy atom. The molecule has 0 saturated heterocycles. The zero-order valence-corrected chi connectivity index (χ0v) is 17.3. The molecule has 0 unspecified atom stereocenters. The van der Waals surface area contributed by atoms with Gasteiger partial charge in [0.15, 0.2) is 5.69 Å². The SMILES string of the molecule is CC[C@]1(O)CC[C@@H](NC(=O)c2cc(C(=O)NC)nn2[C@@H](C)c2ccccc2)CC1. The fourth-order valence-corrected chi connectivity index (χ4v) is 3.88. The van der Waals surface area contributed by atoms with Crippen LogP contribution in [0, 0.1) is 0 Å². The van der Waals surface area contributed by atoms with E-state index < -0.39 is 5.60 Å². The van der Waals surface area contributed by atoms with Crippen molar-refractivity contribution >= 4 is 11.8 Å². The van der Waals surface area contributed by atoms with E-state index in [4.69, 9.17) is 0 Å². The van der Waals surface area contributed by atoms with E-state index >= 15 is 0 Å². The van der Waals surface area contributed by atoms with Crippen molar-refractivity contribution in [3.8, 4) is 0 Å². The van der Waals surface area contributed by atoms with Crippen molar-refractivity contribution in [2.75, 3.05) is 7.05 Å². The van der Waals surface area contributed by atoms with Crippen LogP contribution in [0.25, 0.3) is 0 Å². The topological polar surface area (TPSA) is 96.2 Å². The van der Waals surface area contributed by atoms with E-state index in [0.29, 0.717) is 18.5 Å². The minimum atomic E-state index is -0.614. The fourth-order valence-electron chi connectivity index (χ4n) is 3.88. The van der Waals surface area contributed by atoms with Gasteiger partial charge in [-0.15, -0.1) is 0 Å². The third-order valence-electron chi connectivity index (χ3n) is 5.99. The quantitative estimate of drug-likeness (QED) is 0.697. The van der Waals surface area contributed by atoms with Gasteiger partial charge in [0.1, 0.15) is 5.69 Å². The molecule has 156 valence electrons. The zero-order valence-electron chi connectivity index (χ0n) is 17.3. The molecule has 1 aromatic carbocycles. The fraction of sp³-hybridized carbons (Fsp3) is 0.500. The third-order valence-corrected chi connectivity index (χ3v) is 5.99. The third kappa shape index (κ3) is 4.67. The maximum absolute atomic E-state index is 13.1. The van der Waals surface area contributed by atoms with Crippen LogP contribution in [0.1, 0.15) is 78.5 Å². The van der Waals surface area contributed by atoms with E-state index in [1.165, 1.54) is 0 Å². The average Bonchev–Trinajstić information content (AvgIpc) is 3.20. The number of benzene rings is 1. The zero-order chi connectivity index (χ0) is 21.0. The summed E-state index contributed by atoms with van der Waals surface area (Å²) in [6.07, 6.45) is 3.56. The number of nitrogens with zero attached hydrogens (tertiary/aromatic N) is 2. The number of nitrogens with one attached hydrogen (secondary N) is 2. The normalized spacial score (nSPS) is 22.7. The van der Waals surface area contributed by atoms with Crippen molar-refractivity contribution < 1.29 is 14.7 Å². The van der Waals surface area contributed by atoms with Gasteiger partial charge in [-0.25, -0.2) is 0 Å². The molecule has 1 saturated carbocycles. The molecule has 3 N–H and O–H groups in total. The Bertz CT molecular complexity index is 854. The lowest BCUT2D eigenvalue weighted by Gasteiger charge is -2.35. The molecule has 0 aliphatic heterocycles. The largest absolute Gasteiger partial charge is 0.390 e. The summed E-state index contributed by atoms with van der Waals surface area (Å²) >= 11 is 0. The molecule has 2 aromatic rings. The highest BCUT2D eigenvalue weighted by molar-refractivity contribution is 5.98. The summed E-state index contributed by atoms with van der Waals surface area (Å²) in [6, 6.07) is 11.1. The van der Waals surface area contributed by atoms with Gasteiger partial charge in [0.2, 0.25) is 0 Å². The first-order valence-electron chi connectivity index (χ1n) is 10.3. The highest BCUT2D eigenvalue weighted by Gasteiger charge is 2.33. The van der Waals surface area contributed by atoms with E-state index in [-0.39, 0.29) is 29.6 Å². The molecule has 1 aromatic heterocycles. The van der Waals surface area contributed by atoms with Gasteiger partial charge in [-0.05, 0) is 44.6 Å². The lowest BCUT2D eigenvalue weighted by molar-refractivity contribution is -0.00656. The van der Waals surface area contributed by atoms with Gasteiger partial charge in [-0.1, -0.05) is 37.3 Å². The van der Waals surface area contributed by atoms with Gasteiger partial charge >= 0.3 is 0 Å². The van der Waals surface area contributed by atoms with Gasteiger partial charge in [0.25, 0.3) is 11.8 Å². The van der Waals surface area contributed by atoms with Crippen LogP contribution in [0.5, 0.6) is 0 Å². The van der Waals surface area contributed by atoms with Crippen LogP contribution in [0.2, 0.25) is 0 Å². The standard InChI is InChI=1S/C22H30N4O3/c1-4-22(29)12-10-17(11-13-22)24-21(28)19-14-18(20(27)23-3)25-26(19)15(2)16-8-6-5-7-9-16/h5-9,14-15,17,29H,4,10-13H2,1-3H3,(H,23,27)(H,24,28)/t15-,17-,22+/m0/s1. The summed E-state index contributed by atoms with van der Waals surface area (Å²) in [7, 11) is 1.54. The van der Waals surface area contributed by atoms with Crippen molar-refractivity contribution in [1.82, 2.24) is 20.4 Å². The molecule has 2 amide bonds. The second-order valence-electron chi connectivity index (χ2n) is 7.85. The van der Waals surface area contributed by atoms with Gasteiger partial charge < -0.3 is 15.7 Å². The molecular formula is C22H30N4O3. The van der Waals surface area contributed by atoms with Gasteiger partial charge in [-0.2, -0.15) is 5.10 Å². The predicted octanol–water partition coefficient (Wildman–Crippen LogP) is 2.67. The van der Waals surface area contributed by atoms with Gasteiger partial charge in [0, 0.05) is 19.2 Å². The predicted molar refractivity (Wildman–Crippen MR) is 111 cm³/mol. The Morgan fingerprint density at radius 3 is 2.48 bits per heavy atom. The summed E-state index contributed by atoms with van der Waals surface area (Å²) in [5, 5.41) is 20.5. The van der Waals surface area contributed by atoms with E-state index in [1.807, 2.05) is 44.2 Å². The Hall–Kier alpha value is -2.67. The number of carbonyl (C=O) groups is 2. The molecule has 1 heterocycles. The maximum atomic E-state index is 13.1. The van der Waals surface area contributed by atoms with Crippen LogP contribution in [-0.2, 0) is 0 Å². The number of aromatic nitrogens is 2. The Morgan fingerprint density at radius 2 is 1.90 bits per heavy atom. The number of carbonyl (C=O) groups excluding carboxylic acids is 2. The molecule has 7 heteroatoms. The molecule has 0 radical (unpaired) electrons. The van der Waals surface area contributed by atoms with Crippen LogP contribution < -0.4 is 10.6 Å². The van der Waals surface area contributed by atoms with Crippen molar-refractivity contribution in [2.45, 2.75) is 63.6 Å². The number of aliphatic hydroxyl groups is 1. The van der Waals surface area contributed by atoms with Gasteiger partial charge in [-0.3, -0.25) is 14.3 Å².